The van der Waals surface area contributed by atoms with Crippen molar-refractivity contribution in [1.29, 1.82) is 0 Å². The van der Waals surface area contributed by atoms with Crippen LogP contribution in [0.4, 0.5) is 0 Å². The fourth-order valence-electron chi connectivity index (χ4n) is 3.07. The van der Waals surface area contributed by atoms with Gasteiger partial charge in [-0.3, -0.25) is 0 Å². The highest BCUT2D eigenvalue weighted by Gasteiger charge is 2.44. The third-order valence-corrected chi connectivity index (χ3v) is 6.96. The summed E-state index contributed by atoms with van der Waals surface area (Å²) in [6, 6.07) is 5.57. The summed E-state index contributed by atoms with van der Waals surface area (Å²) in [6.45, 7) is 5.72. The Balaban J connectivity index is 0.00000192. The van der Waals surface area contributed by atoms with Gasteiger partial charge in [-0.2, -0.15) is 4.31 Å². The van der Waals surface area contributed by atoms with E-state index < -0.39 is 10.0 Å². The molecule has 1 aliphatic carbocycles. The minimum atomic E-state index is -3.55. The zero-order chi connectivity index (χ0) is 15.9. The molecule has 2 fully saturated rings. The van der Waals surface area contributed by atoms with Crippen LogP contribution in [0.15, 0.2) is 23.1 Å². The van der Waals surface area contributed by atoms with Crippen LogP contribution in [0.25, 0.3) is 0 Å². The number of nitrogens with one attached hydrogen (secondary N) is 1. The highest BCUT2D eigenvalue weighted by Crippen LogP contribution is 2.37. The smallest absolute Gasteiger partial charge is 0.245 e. The summed E-state index contributed by atoms with van der Waals surface area (Å²) in [5.41, 5.74) is 1.00. The van der Waals surface area contributed by atoms with Crippen molar-refractivity contribution in [1.82, 2.24) is 9.62 Å². The molecule has 0 spiro atoms. The molecule has 1 aromatic rings. The normalized spacial score (nSPS) is 21.7. The van der Waals surface area contributed by atoms with Crippen molar-refractivity contribution in [3.8, 4) is 0 Å². The summed E-state index contributed by atoms with van der Waals surface area (Å²) in [5.74, 6) is 0.272. The van der Waals surface area contributed by atoms with E-state index in [1.165, 1.54) is 0 Å². The Labute approximate surface area is 150 Å². The van der Waals surface area contributed by atoms with Crippen molar-refractivity contribution in [3.05, 3.63) is 28.8 Å². The molecule has 0 aromatic heterocycles. The molecule has 0 bridgehead atoms. The highest BCUT2D eigenvalue weighted by atomic mass is 35.5. The van der Waals surface area contributed by atoms with E-state index in [-0.39, 0.29) is 35.3 Å². The van der Waals surface area contributed by atoms with E-state index in [2.05, 4.69) is 19.2 Å². The summed E-state index contributed by atoms with van der Waals surface area (Å²) >= 11 is 6.24. The van der Waals surface area contributed by atoms with Crippen molar-refractivity contribution in [2.75, 3.05) is 13.1 Å². The molecule has 7 heteroatoms. The average molecular weight is 379 g/mol. The zero-order valence-electron chi connectivity index (χ0n) is 13.5. The molecule has 4 nitrogen and oxygen atoms in total. The Morgan fingerprint density at radius 3 is 2.43 bits per heavy atom. The third-order valence-electron chi connectivity index (χ3n) is 4.48. The molecule has 1 unspecified atom stereocenters. The van der Waals surface area contributed by atoms with Gasteiger partial charge in [0.2, 0.25) is 10.0 Å². The van der Waals surface area contributed by atoms with Crippen LogP contribution in [-0.2, 0) is 10.0 Å². The lowest BCUT2D eigenvalue weighted by molar-refractivity contribution is 0.327. The number of rotatable bonds is 5. The Morgan fingerprint density at radius 2 is 1.91 bits per heavy atom. The first kappa shape index (κ1) is 19.0. The zero-order valence-corrected chi connectivity index (χ0v) is 15.8. The van der Waals surface area contributed by atoms with Crippen molar-refractivity contribution in [3.63, 3.8) is 0 Å². The summed E-state index contributed by atoms with van der Waals surface area (Å²) in [4.78, 5) is 0.263. The predicted octanol–water partition coefficient (Wildman–Crippen LogP) is 3.40. The lowest BCUT2D eigenvalue weighted by atomic mass is 10.0. The van der Waals surface area contributed by atoms with Gasteiger partial charge in [-0.05, 0) is 49.4 Å². The van der Waals surface area contributed by atoms with Crippen LogP contribution in [0.1, 0.15) is 44.6 Å². The first-order valence-corrected chi connectivity index (χ1v) is 9.76. The maximum atomic E-state index is 13.2. The molecule has 1 saturated carbocycles. The fourth-order valence-corrected chi connectivity index (χ4v) is 5.48. The molecule has 1 saturated heterocycles. The molecule has 1 atom stereocenters. The molecule has 3 rings (SSSR count). The number of hydrogen-bond acceptors (Lipinski definition) is 3. The van der Waals surface area contributed by atoms with E-state index in [0.29, 0.717) is 5.02 Å². The maximum absolute atomic E-state index is 13.2. The van der Waals surface area contributed by atoms with Crippen LogP contribution in [0.3, 0.4) is 0 Å². The van der Waals surface area contributed by atoms with E-state index in [0.717, 1.165) is 37.9 Å². The van der Waals surface area contributed by atoms with Crippen molar-refractivity contribution < 1.29 is 8.42 Å². The SMILES string of the molecule is CC(C)c1ccc(Cl)c(S(=O)(=O)N(C2CC2)C2CCNC2)c1.Cl. The quantitative estimate of drug-likeness (QED) is 0.853. The lowest BCUT2D eigenvalue weighted by Crippen LogP contribution is -2.43. The third kappa shape index (κ3) is 3.85. The number of benzene rings is 1. The molecular weight excluding hydrogens is 355 g/mol. The largest absolute Gasteiger partial charge is 0.315 e. The van der Waals surface area contributed by atoms with E-state index >= 15 is 0 Å². The van der Waals surface area contributed by atoms with Gasteiger partial charge in [0.25, 0.3) is 0 Å². The second kappa shape index (κ2) is 7.28. The van der Waals surface area contributed by atoms with Crippen LogP contribution in [0.2, 0.25) is 5.02 Å². The van der Waals surface area contributed by atoms with Gasteiger partial charge in [-0.1, -0.05) is 31.5 Å². The van der Waals surface area contributed by atoms with Gasteiger partial charge >= 0.3 is 0 Å². The first-order chi connectivity index (χ1) is 10.4. The van der Waals surface area contributed by atoms with Crippen LogP contribution < -0.4 is 5.32 Å². The van der Waals surface area contributed by atoms with Gasteiger partial charge in [0.1, 0.15) is 4.90 Å². The first-order valence-electron chi connectivity index (χ1n) is 7.95. The fraction of sp³-hybridized carbons (Fsp3) is 0.625. The Kier molecular flexibility index (Phi) is 6.01. The Hall–Kier alpha value is -0.330. The van der Waals surface area contributed by atoms with Crippen LogP contribution >= 0.6 is 24.0 Å². The number of hydrogen-bond donors (Lipinski definition) is 1. The van der Waals surface area contributed by atoms with Crippen molar-refractivity contribution in [2.45, 2.75) is 56.0 Å². The van der Waals surface area contributed by atoms with Crippen LogP contribution in [0, 0.1) is 0 Å². The second-order valence-corrected chi connectivity index (χ2v) is 8.78. The molecule has 0 radical (unpaired) electrons. The summed E-state index contributed by atoms with van der Waals surface area (Å²) in [6.07, 6.45) is 2.78. The van der Waals surface area contributed by atoms with Gasteiger partial charge in [0.15, 0.2) is 0 Å². The molecule has 130 valence electrons. The highest BCUT2D eigenvalue weighted by molar-refractivity contribution is 7.89. The minimum absolute atomic E-state index is 0. The lowest BCUT2D eigenvalue weighted by Gasteiger charge is -2.28. The van der Waals surface area contributed by atoms with Gasteiger partial charge in [-0.25, -0.2) is 8.42 Å². The molecule has 1 aromatic carbocycles. The van der Waals surface area contributed by atoms with Gasteiger partial charge < -0.3 is 5.32 Å². The Bertz CT molecular complexity index is 654. The average Bonchev–Trinajstić information content (AvgIpc) is 3.12. The Morgan fingerprint density at radius 1 is 1.22 bits per heavy atom. The summed E-state index contributed by atoms with van der Waals surface area (Å²) in [7, 11) is -3.55. The monoisotopic (exact) mass is 378 g/mol. The number of sulfonamides is 1. The van der Waals surface area contributed by atoms with Crippen LogP contribution in [0.5, 0.6) is 0 Å². The van der Waals surface area contributed by atoms with Crippen molar-refractivity contribution in [2.24, 2.45) is 0 Å². The standard InChI is InChI=1S/C16H23ClN2O2S.ClH/c1-11(2)12-3-6-15(17)16(9-12)22(20,21)19(13-4-5-13)14-7-8-18-10-14;/h3,6,9,11,13-14,18H,4-5,7-8,10H2,1-2H3;1H. The topological polar surface area (TPSA) is 49.4 Å². The molecule has 2 aliphatic rings. The maximum Gasteiger partial charge on any atom is 0.245 e. The van der Waals surface area contributed by atoms with E-state index in [4.69, 9.17) is 11.6 Å². The summed E-state index contributed by atoms with van der Waals surface area (Å²) < 4.78 is 28.1. The second-order valence-electron chi connectivity index (χ2n) is 6.56. The molecule has 1 N–H and O–H groups in total. The van der Waals surface area contributed by atoms with Crippen LogP contribution in [-0.4, -0.2) is 37.9 Å². The van der Waals surface area contributed by atoms with Gasteiger partial charge in [0.05, 0.1) is 5.02 Å². The molecule has 1 aliphatic heterocycles. The molecule has 1 heterocycles. The summed E-state index contributed by atoms with van der Waals surface area (Å²) in [5, 5.41) is 3.58. The van der Waals surface area contributed by atoms with Gasteiger partial charge in [0, 0.05) is 18.6 Å². The van der Waals surface area contributed by atoms with E-state index in [9.17, 15) is 8.42 Å². The van der Waals surface area contributed by atoms with E-state index in [1.807, 2.05) is 6.07 Å². The van der Waals surface area contributed by atoms with Crippen molar-refractivity contribution >= 4 is 34.0 Å². The molecule has 0 amide bonds. The number of halogens is 2. The predicted molar refractivity (Wildman–Crippen MR) is 96.1 cm³/mol. The minimum Gasteiger partial charge on any atom is -0.315 e. The van der Waals surface area contributed by atoms with E-state index in [1.54, 1.807) is 16.4 Å². The number of nitrogens with zero attached hydrogens (tertiary/aromatic N) is 1. The molecular formula is C16H24Cl2N2O2S. The van der Waals surface area contributed by atoms with Gasteiger partial charge in [-0.15, -0.1) is 12.4 Å². The molecule has 23 heavy (non-hydrogen) atoms.